The molecule has 0 spiro atoms. The quantitative estimate of drug-likeness (QED) is 0.307. The number of amides is 1. The van der Waals surface area contributed by atoms with Crippen molar-refractivity contribution >= 4 is 17.4 Å². The summed E-state index contributed by atoms with van der Waals surface area (Å²) in [5.74, 6) is -0.238. The molecule has 2 saturated heterocycles. The second-order valence-electron chi connectivity index (χ2n) is 10.4. The largest absolute Gasteiger partial charge is 0.507 e. The fourth-order valence-electron chi connectivity index (χ4n) is 4.87. The molecular formula is C30H38N2O5. The number of aryl methyl sites for hydroxylation is 2. The number of nitrogens with zero attached hydrogens (tertiary/aromatic N) is 2. The van der Waals surface area contributed by atoms with Gasteiger partial charge in [-0.05, 0) is 55.5 Å². The highest BCUT2D eigenvalue weighted by Crippen LogP contribution is 2.40. The standard InChI is InChI=1S/C30H38N2O5/c1-20(2)19-37-25-11-10-24(18-22(25)4)28(33)26-27(23-8-6-21(3)7-9-23)32(30(35)29(26)34)13-5-12-31-14-16-36-17-15-31/h6-11,18,20,27,33H,5,12-17,19H2,1-4H3/t27-/m0/s1. The summed E-state index contributed by atoms with van der Waals surface area (Å²) >= 11 is 0. The average molecular weight is 507 g/mol. The van der Waals surface area contributed by atoms with Gasteiger partial charge in [-0.25, -0.2) is 0 Å². The molecule has 0 bridgehead atoms. The Bertz CT molecular complexity index is 1150. The third kappa shape index (κ3) is 6.22. The molecule has 2 aromatic carbocycles. The molecule has 4 rings (SSSR count). The smallest absolute Gasteiger partial charge is 0.295 e. The van der Waals surface area contributed by atoms with Crippen molar-refractivity contribution < 1.29 is 24.2 Å². The van der Waals surface area contributed by atoms with Crippen LogP contribution in [0.2, 0.25) is 0 Å². The number of aliphatic hydroxyl groups is 1. The Balaban J connectivity index is 1.65. The molecule has 0 unspecified atom stereocenters. The van der Waals surface area contributed by atoms with Gasteiger partial charge in [0.05, 0.1) is 31.4 Å². The molecule has 1 atom stereocenters. The van der Waals surface area contributed by atoms with Crippen LogP contribution in [0.4, 0.5) is 0 Å². The van der Waals surface area contributed by atoms with Gasteiger partial charge in [0.15, 0.2) is 0 Å². The topological polar surface area (TPSA) is 79.3 Å². The van der Waals surface area contributed by atoms with Crippen LogP contribution in [0.3, 0.4) is 0 Å². The zero-order chi connectivity index (χ0) is 26.5. The van der Waals surface area contributed by atoms with Gasteiger partial charge in [0.2, 0.25) is 0 Å². The summed E-state index contributed by atoms with van der Waals surface area (Å²) in [7, 11) is 0. The first-order valence-corrected chi connectivity index (χ1v) is 13.1. The molecule has 1 amide bonds. The van der Waals surface area contributed by atoms with E-state index in [1.165, 1.54) is 0 Å². The molecule has 198 valence electrons. The van der Waals surface area contributed by atoms with Crippen LogP contribution in [-0.2, 0) is 14.3 Å². The fourth-order valence-corrected chi connectivity index (χ4v) is 4.87. The van der Waals surface area contributed by atoms with E-state index in [0.29, 0.717) is 37.8 Å². The lowest BCUT2D eigenvalue weighted by Crippen LogP contribution is -2.38. The minimum Gasteiger partial charge on any atom is -0.507 e. The number of aliphatic hydroxyl groups excluding tert-OH is 1. The summed E-state index contributed by atoms with van der Waals surface area (Å²) in [6, 6.07) is 12.5. The van der Waals surface area contributed by atoms with E-state index in [1.807, 2.05) is 50.2 Å². The van der Waals surface area contributed by atoms with Gasteiger partial charge in [-0.1, -0.05) is 43.7 Å². The van der Waals surface area contributed by atoms with E-state index in [-0.39, 0.29) is 11.3 Å². The van der Waals surface area contributed by atoms with Crippen LogP contribution >= 0.6 is 0 Å². The van der Waals surface area contributed by atoms with Gasteiger partial charge >= 0.3 is 0 Å². The van der Waals surface area contributed by atoms with E-state index in [2.05, 4.69) is 18.7 Å². The minimum atomic E-state index is -0.646. The summed E-state index contributed by atoms with van der Waals surface area (Å²) in [5.41, 5.74) is 3.39. The summed E-state index contributed by atoms with van der Waals surface area (Å²) < 4.78 is 11.3. The third-order valence-electron chi connectivity index (χ3n) is 6.93. The van der Waals surface area contributed by atoms with Gasteiger partial charge in [0.1, 0.15) is 11.5 Å². The molecule has 37 heavy (non-hydrogen) atoms. The van der Waals surface area contributed by atoms with Gasteiger partial charge in [0, 0.05) is 31.7 Å². The average Bonchev–Trinajstić information content (AvgIpc) is 3.13. The first kappa shape index (κ1) is 26.9. The number of benzene rings is 2. The van der Waals surface area contributed by atoms with Crippen molar-refractivity contribution in [2.45, 2.75) is 40.2 Å². The Morgan fingerprint density at radius 2 is 1.76 bits per heavy atom. The highest BCUT2D eigenvalue weighted by Gasteiger charge is 2.45. The Labute approximate surface area is 219 Å². The zero-order valence-electron chi connectivity index (χ0n) is 22.3. The molecule has 0 aromatic heterocycles. The van der Waals surface area contributed by atoms with E-state index in [4.69, 9.17) is 9.47 Å². The molecular weight excluding hydrogens is 468 g/mol. The lowest BCUT2D eigenvalue weighted by atomic mass is 9.94. The van der Waals surface area contributed by atoms with Crippen LogP contribution in [0.1, 0.15) is 48.6 Å². The highest BCUT2D eigenvalue weighted by molar-refractivity contribution is 6.46. The predicted octanol–water partition coefficient (Wildman–Crippen LogP) is 4.48. The Hall–Kier alpha value is -3.16. The molecule has 2 fully saturated rings. The van der Waals surface area contributed by atoms with Crippen LogP contribution < -0.4 is 4.74 Å². The lowest BCUT2D eigenvalue weighted by molar-refractivity contribution is -0.140. The summed E-state index contributed by atoms with van der Waals surface area (Å²) in [4.78, 5) is 30.5. The third-order valence-corrected chi connectivity index (χ3v) is 6.93. The van der Waals surface area contributed by atoms with E-state index >= 15 is 0 Å². The van der Waals surface area contributed by atoms with E-state index < -0.39 is 17.7 Å². The number of rotatable bonds is 9. The Morgan fingerprint density at radius 1 is 1.05 bits per heavy atom. The Morgan fingerprint density at radius 3 is 2.41 bits per heavy atom. The van der Waals surface area contributed by atoms with Gasteiger partial charge in [-0.3, -0.25) is 14.5 Å². The van der Waals surface area contributed by atoms with Gasteiger partial charge in [-0.15, -0.1) is 0 Å². The van der Waals surface area contributed by atoms with Crippen LogP contribution in [-0.4, -0.2) is 72.6 Å². The van der Waals surface area contributed by atoms with Crippen molar-refractivity contribution in [3.8, 4) is 5.75 Å². The number of ether oxygens (including phenoxy) is 2. The summed E-state index contributed by atoms with van der Waals surface area (Å²) in [5, 5.41) is 11.4. The zero-order valence-corrected chi connectivity index (χ0v) is 22.3. The monoisotopic (exact) mass is 506 g/mol. The second-order valence-corrected chi connectivity index (χ2v) is 10.4. The molecule has 2 heterocycles. The highest BCUT2D eigenvalue weighted by atomic mass is 16.5. The maximum Gasteiger partial charge on any atom is 0.295 e. The molecule has 2 aromatic rings. The van der Waals surface area contributed by atoms with Crippen LogP contribution in [0.25, 0.3) is 5.76 Å². The van der Waals surface area contributed by atoms with Crippen molar-refractivity contribution in [3.63, 3.8) is 0 Å². The molecule has 0 saturated carbocycles. The number of morpholine rings is 1. The van der Waals surface area contributed by atoms with Crippen molar-refractivity contribution in [2.24, 2.45) is 5.92 Å². The molecule has 2 aliphatic heterocycles. The first-order valence-electron chi connectivity index (χ1n) is 13.1. The van der Waals surface area contributed by atoms with Gasteiger partial charge in [-0.2, -0.15) is 0 Å². The molecule has 2 aliphatic rings. The normalized spacial score (nSPS) is 20.1. The van der Waals surface area contributed by atoms with E-state index in [9.17, 15) is 14.7 Å². The van der Waals surface area contributed by atoms with Crippen molar-refractivity contribution in [1.82, 2.24) is 9.80 Å². The van der Waals surface area contributed by atoms with Gasteiger partial charge in [0.25, 0.3) is 11.7 Å². The molecule has 0 aliphatic carbocycles. The van der Waals surface area contributed by atoms with Crippen LogP contribution in [0, 0.1) is 19.8 Å². The van der Waals surface area contributed by atoms with Crippen LogP contribution in [0.15, 0.2) is 48.0 Å². The molecule has 0 radical (unpaired) electrons. The molecule has 7 nitrogen and oxygen atoms in total. The predicted molar refractivity (Wildman–Crippen MR) is 144 cm³/mol. The number of Topliss-reactive ketones (excluding diaryl/α,β-unsaturated/α-hetero) is 1. The SMILES string of the molecule is Cc1ccc([C@H]2C(=C(O)c3ccc(OCC(C)C)c(C)c3)C(=O)C(=O)N2CCCN2CCOCC2)cc1. The maximum absolute atomic E-state index is 13.3. The maximum atomic E-state index is 13.3. The molecule has 7 heteroatoms. The van der Waals surface area contributed by atoms with Crippen molar-refractivity contribution in [3.05, 3.63) is 70.3 Å². The fraction of sp³-hybridized carbons (Fsp3) is 0.467. The molecule has 1 N–H and O–H groups in total. The van der Waals surface area contributed by atoms with Crippen molar-refractivity contribution in [2.75, 3.05) is 46.0 Å². The first-order chi connectivity index (χ1) is 17.8. The number of carbonyl (C=O) groups excluding carboxylic acids is 2. The number of hydrogen-bond donors (Lipinski definition) is 1. The number of carbonyl (C=O) groups is 2. The lowest BCUT2D eigenvalue weighted by Gasteiger charge is -2.29. The van der Waals surface area contributed by atoms with Crippen LogP contribution in [0.5, 0.6) is 5.75 Å². The van der Waals surface area contributed by atoms with E-state index in [0.717, 1.165) is 48.5 Å². The van der Waals surface area contributed by atoms with E-state index in [1.54, 1.807) is 11.0 Å². The van der Waals surface area contributed by atoms with Gasteiger partial charge < -0.3 is 19.5 Å². The summed E-state index contributed by atoms with van der Waals surface area (Å²) in [6.07, 6.45) is 0.733. The minimum absolute atomic E-state index is 0.135. The Kier molecular flexibility index (Phi) is 8.67. The number of ketones is 1. The number of hydrogen-bond acceptors (Lipinski definition) is 6. The number of likely N-dealkylation sites (tertiary alicyclic amines) is 1. The second kappa shape index (κ2) is 11.9. The van der Waals surface area contributed by atoms with Crippen molar-refractivity contribution in [1.29, 1.82) is 0 Å². The summed E-state index contributed by atoms with van der Waals surface area (Å²) in [6.45, 7) is 13.1.